The molecule has 158 valence electrons. The first-order valence-corrected chi connectivity index (χ1v) is 10.1. The molecule has 2 N–H and O–H groups in total. The Labute approximate surface area is 179 Å². The Morgan fingerprint density at radius 1 is 1.16 bits per heavy atom. The number of aromatic hydroxyl groups is 1. The van der Waals surface area contributed by atoms with Crippen LogP contribution in [0.25, 0.3) is 16.8 Å². The van der Waals surface area contributed by atoms with Crippen molar-refractivity contribution in [3.63, 3.8) is 0 Å². The first kappa shape index (κ1) is 19.4. The summed E-state index contributed by atoms with van der Waals surface area (Å²) in [5.74, 6) is -0.0882. The number of nitrogens with zero attached hydrogens (tertiary/aromatic N) is 2. The molecule has 3 aromatic carbocycles. The number of rotatable bonds is 3. The lowest BCUT2D eigenvalue weighted by Gasteiger charge is -2.47. The largest absolute Gasteiger partial charge is 0.504 e. The Hall–Kier alpha value is -3.58. The Morgan fingerprint density at radius 2 is 1.94 bits per heavy atom. The van der Waals surface area contributed by atoms with Gasteiger partial charge in [0.05, 0.1) is 23.0 Å². The van der Waals surface area contributed by atoms with Crippen LogP contribution < -0.4 is 9.64 Å². The zero-order chi connectivity index (χ0) is 22.0. The van der Waals surface area contributed by atoms with Gasteiger partial charge in [-0.15, -0.1) is 0 Å². The second-order valence-corrected chi connectivity index (χ2v) is 8.45. The lowest BCUT2D eigenvalue weighted by atomic mass is 9.74. The molecule has 7 heteroatoms. The van der Waals surface area contributed by atoms with Crippen molar-refractivity contribution in [3.8, 4) is 11.5 Å². The Morgan fingerprint density at radius 3 is 2.68 bits per heavy atom. The molecular formula is C24H22N2O5. The van der Waals surface area contributed by atoms with Crippen molar-refractivity contribution in [1.29, 1.82) is 0 Å². The maximum absolute atomic E-state index is 11.2. The number of hydrogen-bond acceptors (Lipinski definition) is 6. The van der Waals surface area contributed by atoms with Crippen molar-refractivity contribution < 1.29 is 19.9 Å². The molecule has 2 aliphatic rings. The van der Waals surface area contributed by atoms with Gasteiger partial charge in [0.2, 0.25) is 5.72 Å². The number of anilines is 1. The van der Waals surface area contributed by atoms with E-state index >= 15 is 0 Å². The van der Waals surface area contributed by atoms with Crippen LogP contribution in [0.3, 0.4) is 0 Å². The first-order valence-electron chi connectivity index (χ1n) is 10.1. The van der Waals surface area contributed by atoms with E-state index in [1.165, 1.54) is 6.07 Å². The van der Waals surface area contributed by atoms with Gasteiger partial charge < -0.3 is 19.8 Å². The van der Waals surface area contributed by atoms with Crippen LogP contribution in [0.1, 0.15) is 25.0 Å². The highest BCUT2D eigenvalue weighted by Crippen LogP contribution is 2.57. The summed E-state index contributed by atoms with van der Waals surface area (Å²) in [6.07, 6.45) is 3.63. The fourth-order valence-corrected chi connectivity index (χ4v) is 5.06. The maximum Gasteiger partial charge on any atom is 0.274 e. The average Bonchev–Trinajstić information content (AvgIpc) is 2.93. The highest BCUT2D eigenvalue weighted by molar-refractivity contribution is 5.94. The predicted octanol–water partition coefficient (Wildman–Crippen LogP) is 4.35. The SMILES string of the molecule is CC1(C)c2c(ccc3ccccc23)N(CCO)C12C=Cc1cc([N+](=O)[O-])cc(O)c1O2. The number of aliphatic hydroxyl groups excluding tert-OH is 1. The van der Waals surface area contributed by atoms with Crippen LogP contribution in [0, 0.1) is 10.1 Å². The van der Waals surface area contributed by atoms with Gasteiger partial charge in [-0.2, -0.15) is 0 Å². The van der Waals surface area contributed by atoms with Gasteiger partial charge in [-0.3, -0.25) is 10.1 Å². The highest BCUT2D eigenvalue weighted by Gasteiger charge is 2.59. The fourth-order valence-electron chi connectivity index (χ4n) is 5.06. The number of phenolic OH excluding ortho intramolecular Hbond substituents is 1. The molecule has 0 bridgehead atoms. The van der Waals surface area contributed by atoms with Crippen molar-refractivity contribution in [3.05, 3.63) is 75.8 Å². The fraction of sp³-hybridized carbons (Fsp3) is 0.250. The summed E-state index contributed by atoms with van der Waals surface area (Å²) in [5, 5.41) is 33.8. The summed E-state index contributed by atoms with van der Waals surface area (Å²) >= 11 is 0. The van der Waals surface area contributed by atoms with Gasteiger partial charge in [-0.1, -0.05) is 30.3 Å². The number of nitro groups is 1. The van der Waals surface area contributed by atoms with E-state index in [0.29, 0.717) is 12.1 Å². The van der Waals surface area contributed by atoms with Crippen molar-refractivity contribution in [2.45, 2.75) is 25.0 Å². The number of non-ortho nitro benzene ring substituents is 1. The minimum Gasteiger partial charge on any atom is -0.504 e. The molecule has 0 saturated carbocycles. The van der Waals surface area contributed by atoms with Crippen LogP contribution >= 0.6 is 0 Å². The van der Waals surface area contributed by atoms with Crippen LogP contribution in [-0.4, -0.2) is 34.0 Å². The van der Waals surface area contributed by atoms with Gasteiger partial charge >= 0.3 is 0 Å². The van der Waals surface area contributed by atoms with Crippen LogP contribution in [0.5, 0.6) is 11.5 Å². The summed E-state index contributed by atoms with van der Waals surface area (Å²) in [6, 6.07) is 14.7. The molecule has 0 saturated heterocycles. The Balaban J connectivity index is 1.75. The van der Waals surface area contributed by atoms with Crippen LogP contribution in [0.2, 0.25) is 0 Å². The molecular weight excluding hydrogens is 396 g/mol. The lowest BCUT2D eigenvalue weighted by Crippen LogP contribution is -2.60. The quantitative estimate of drug-likeness (QED) is 0.485. The first-order chi connectivity index (χ1) is 14.8. The van der Waals surface area contributed by atoms with Gasteiger partial charge in [0, 0.05) is 23.9 Å². The van der Waals surface area contributed by atoms with Gasteiger partial charge in [0.1, 0.15) is 0 Å². The van der Waals surface area contributed by atoms with E-state index in [4.69, 9.17) is 4.74 Å². The highest BCUT2D eigenvalue weighted by atomic mass is 16.6. The molecule has 3 aromatic rings. The standard InChI is InChI=1S/C24H22N2O5/c1-23(2)21-18-6-4-3-5-15(18)7-8-19(21)25(11-12-27)24(23)10-9-16-13-17(26(29)30)14-20(28)22(16)31-24/h3-10,13-14,27-28H,11-12H2,1-2H3. The monoisotopic (exact) mass is 418 g/mol. The molecule has 0 fully saturated rings. The minimum atomic E-state index is -1.02. The van der Waals surface area contributed by atoms with Crippen molar-refractivity contribution >= 4 is 28.2 Å². The molecule has 0 aliphatic carbocycles. The normalized spacial score (nSPS) is 20.5. The number of ether oxygens (including phenoxy) is 1. The molecule has 7 nitrogen and oxygen atoms in total. The number of β-amino-alcohol motifs (C(OH)–C–C–N with tert-alkyl or cyclic N) is 1. The number of hydrogen-bond donors (Lipinski definition) is 2. The van der Waals surface area contributed by atoms with E-state index in [1.807, 2.05) is 29.2 Å². The Bertz CT molecular complexity index is 1270. The number of nitro benzene ring substituents is 1. The van der Waals surface area contributed by atoms with E-state index in [2.05, 4.69) is 32.0 Å². The number of benzene rings is 3. The van der Waals surface area contributed by atoms with Crippen LogP contribution in [0.4, 0.5) is 11.4 Å². The number of phenols is 1. The predicted molar refractivity (Wildman–Crippen MR) is 119 cm³/mol. The van der Waals surface area contributed by atoms with E-state index in [9.17, 15) is 20.3 Å². The summed E-state index contributed by atoms with van der Waals surface area (Å²) in [7, 11) is 0. The zero-order valence-electron chi connectivity index (χ0n) is 17.2. The topological polar surface area (TPSA) is 96.1 Å². The smallest absolute Gasteiger partial charge is 0.274 e. The van der Waals surface area contributed by atoms with Crippen LogP contribution in [-0.2, 0) is 5.41 Å². The molecule has 1 unspecified atom stereocenters. The number of fused-ring (bicyclic) bond motifs is 4. The van der Waals surface area contributed by atoms with E-state index in [1.54, 1.807) is 6.08 Å². The molecule has 0 amide bonds. The van der Waals surface area contributed by atoms with Gasteiger partial charge in [0.25, 0.3) is 5.69 Å². The Kier molecular flexibility index (Phi) is 4.04. The summed E-state index contributed by atoms with van der Waals surface area (Å²) in [6.45, 7) is 4.39. The second-order valence-electron chi connectivity index (χ2n) is 8.45. The lowest BCUT2D eigenvalue weighted by molar-refractivity contribution is -0.385. The molecule has 5 rings (SSSR count). The summed E-state index contributed by atoms with van der Waals surface area (Å²) in [4.78, 5) is 12.7. The minimum absolute atomic E-state index is 0.0829. The molecule has 2 heterocycles. The van der Waals surface area contributed by atoms with Gasteiger partial charge in [-0.25, -0.2) is 0 Å². The van der Waals surface area contributed by atoms with Crippen molar-refractivity contribution in [2.24, 2.45) is 0 Å². The average molecular weight is 418 g/mol. The molecule has 0 radical (unpaired) electrons. The molecule has 1 atom stereocenters. The third-order valence-electron chi connectivity index (χ3n) is 6.48. The number of aliphatic hydroxyl groups is 1. The van der Waals surface area contributed by atoms with E-state index in [0.717, 1.165) is 28.1 Å². The van der Waals surface area contributed by atoms with E-state index in [-0.39, 0.29) is 23.8 Å². The van der Waals surface area contributed by atoms with Gasteiger partial charge in [0.15, 0.2) is 11.5 Å². The second kappa shape index (κ2) is 6.46. The van der Waals surface area contributed by atoms with Crippen molar-refractivity contribution in [2.75, 3.05) is 18.1 Å². The zero-order valence-corrected chi connectivity index (χ0v) is 17.2. The molecule has 2 aliphatic heterocycles. The summed E-state index contributed by atoms with van der Waals surface area (Å²) < 4.78 is 6.51. The third-order valence-corrected chi connectivity index (χ3v) is 6.48. The molecule has 1 spiro atoms. The van der Waals surface area contributed by atoms with Crippen LogP contribution in [0.15, 0.2) is 54.6 Å². The maximum atomic E-state index is 11.2. The van der Waals surface area contributed by atoms with E-state index < -0.39 is 16.1 Å². The molecule has 31 heavy (non-hydrogen) atoms. The van der Waals surface area contributed by atoms with Crippen molar-refractivity contribution in [1.82, 2.24) is 0 Å². The third kappa shape index (κ3) is 2.50. The summed E-state index contributed by atoms with van der Waals surface area (Å²) in [5.41, 5.74) is 0.690. The molecule has 0 aromatic heterocycles. The van der Waals surface area contributed by atoms with Gasteiger partial charge in [-0.05, 0) is 48.4 Å².